The number of nitrogens with zero attached hydrogens (tertiary/aromatic N) is 2. The van der Waals surface area contributed by atoms with E-state index in [1.165, 1.54) is 0 Å². The molecule has 5 heteroatoms. The van der Waals surface area contributed by atoms with Gasteiger partial charge < -0.3 is 10.6 Å². The second-order valence-corrected chi connectivity index (χ2v) is 4.20. The molecule has 0 spiro atoms. The minimum Gasteiger partial charge on any atom is -0.395 e. The van der Waals surface area contributed by atoms with Crippen molar-refractivity contribution in [2.45, 2.75) is 20.3 Å². The van der Waals surface area contributed by atoms with Gasteiger partial charge in [-0.25, -0.2) is 0 Å². The average Bonchev–Trinajstić information content (AvgIpc) is 2.81. The van der Waals surface area contributed by atoms with Crippen LogP contribution in [0.15, 0.2) is 30.3 Å². The topological polar surface area (TPSA) is 75.0 Å². The lowest BCUT2D eigenvalue weighted by molar-refractivity contribution is 0.0984. The molecule has 1 amide bonds. The molecule has 3 N–H and O–H groups in total. The lowest BCUT2D eigenvalue weighted by atomic mass is 10.2. The van der Waals surface area contributed by atoms with Crippen LogP contribution in [0.5, 0.6) is 0 Å². The van der Waals surface area contributed by atoms with Crippen LogP contribution >= 0.6 is 0 Å². The fraction of sp³-hybridized carbons (Fsp3) is 0.286. The molecule has 5 nitrogen and oxygen atoms in total. The lowest BCUT2D eigenvalue weighted by Crippen LogP contribution is -2.31. The van der Waals surface area contributed by atoms with Crippen molar-refractivity contribution in [3.63, 3.8) is 0 Å². The largest absolute Gasteiger partial charge is 0.395 e. The van der Waals surface area contributed by atoms with Crippen LogP contribution in [0, 0.1) is 0 Å². The Morgan fingerprint density at radius 3 is 2.53 bits per heavy atom. The molecule has 0 unspecified atom stereocenters. The van der Waals surface area contributed by atoms with E-state index in [-0.39, 0.29) is 5.91 Å². The molecule has 1 aromatic carbocycles. The number of amides is 1. The number of carbonyl (C=O) groups excluding carboxylic acids is 1. The van der Waals surface area contributed by atoms with Gasteiger partial charge in [0.15, 0.2) is 5.69 Å². The van der Waals surface area contributed by atoms with Crippen LogP contribution in [0.25, 0.3) is 0 Å². The average molecular weight is 258 g/mol. The van der Waals surface area contributed by atoms with Crippen LogP contribution in [0.2, 0.25) is 0 Å². The monoisotopic (exact) mass is 258 g/mol. The van der Waals surface area contributed by atoms with Crippen molar-refractivity contribution < 1.29 is 4.79 Å². The van der Waals surface area contributed by atoms with Gasteiger partial charge in [-0.05, 0) is 25.5 Å². The molecule has 0 fully saturated rings. The highest BCUT2D eigenvalue weighted by molar-refractivity contribution is 6.08. The maximum Gasteiger partial charge on any atom is 0.280 e. The van der Waals surface area contributed by atoms with Crippen LogP contribution in [-0.4, -0.2) is 22.6 Å². The van der Waals surface area contributed by atoms with E-state index < -0.39 is 0 Å². The second-order valence-electron chi connectivity index (χ2n) is 4.20. The summed E-state index contributed by atoms with van der Waals surface area (Å²) in [7, 11) is 0. The van der Waals surface area contributed by atoms with E-state index >= 15 is 0 Å². The number of hydrogen-bond donors (Lipinski definition) is 2. The number of nitrogens with one attached hydrogen (secondary N) is 1. The molecular formula is C14H18N4O. The first kappa shape index (κ1) is 13.1. The molecule has 0 radical (unpaired) electrons. The Morgan fingerprint density at radius 1 is 1.32 bits per heavy atom. The maximum absolute atomic E-state index is 12.5. The van der Waals surface area contributed by atoms with Gasteiger partial charge in [0, 0.05) is 12.2 Å². The Balaban J connectivity index is 2.34. The van der Waals surface area contributed by atoms with Crippen molar-refractivity contribution >= 4 is 17.3 Å². The van der Waals surface area contributed by atoms with Gasteiger partial charge in [0.25, 0.3) is 5.91 Å². The first-order chi connectivity index (χ1) is 9.19. The summed E-state index contributed by atoms with van der Waals surface area (Å²) in [5.74, 6) is -0.179. The standard InChI is InChI=1S/C14H18N4O/c1-3-11-12(15)13(17-16-11)14(19)18(4-2)10-8-6-5-7-9-10/h5-9H,3-4,15H2,1-2H3,(H,16,17). The zero-order chi connectivity index (χ0) is 13.8. The van der Waals surface area contributed by atoms with Gasteiger partial charge in [0.1, 0.15) is 0 Å². The SMILES string of the molecule is CCc1[nH]nc(C(=O)N(CC)c2ccccc2)c1N. The van der Waals surface area contributed by atoms with Crippen molar-refractivity contribution in [3.05, 3.63) is 41.7 Å². The zero-order valence-corrected chi connectivity index (χ0v) is 11.2. The number of hydrogen-bond acceptors (Lipinski definition) is 3. The van der Waals surface area contributed by atoms with Crippen LogP contribution < -0.4 is 10.6 Å². The third-order valence-corrected chi connectivity index (χ3v) is 3.07. The maximum atomic E-state index is 12.5. The normalized spacial score (nSPS) is 10.4. The number of aryl methyl sites for hydroxylation is 1. The molecule has 1 heterocycles. The van der Waals surface area contributed by atoms with Gasteiger partial charge in [-0.1, -0.05) is 25.1 Å². The highest BCUT2D eigenvalue weighted by Crippen LogP contribution is 2.20. The molecule has 0 aliphatic heterocycles. The minimum absolute atomic E-state index is 0.179. The van der Waals surface area contributed by atoms with E-state index in [4.69, 9.17) is 5.73 Å². The van der Waals surface area contributed by atoms with E-state index in [0.717, 1.165) is 17.8 Å². The molecule has 0 aliphatic rings. The number of rotatable bonds is 4. The Kier molecular flexibility index (Phi) is 3.85. The lowest BCUT2D eigenvalue weighted by Gasteiger charge is -2.20. The van der Waals surface area contributed by atoms with E-state index in [1.807, 2.05) is 44.2 Å². The molecule has 0 bridgehead atoms. The number of H-pyrrole nitrogens is 1. The summed E-state index contributed by atoms with van der Waals surface area (Å²) in [5.41, 5.74) is 8.33. The van der Waals surface area contributed by atoms with Crippen molar-refractivity contribution in [1.82, 2.24) is 10.2 Å². The fourth-order valence-corrected chi connectivity index (χ4v) is 2.00. The van der Waals surface area contributed by atoms with Gasteiger partial charge in [-0.3, -0.25) is 9.89 Å². The summed E-state index contributed by atoms with van der Waals surface area (Å²) in [5, 5.41) is 6.85. The van der Waals surface area contributed by atoms with Crippen molar-refractivity contribution in [2.75, 3.05) is 17.2 Å². The number of nitrogen functional groups attached to an aromatic ring is 1. The molecular weight excluding hydrogens is 240 g/mol. The summed E-state index contributed by atoms with van der Waals surface area (Å²) in [6, 6.07) is 9.50. The third-order valence-electron chi connectivity index (χ3n) is 3.07. The fourth-order valence-electron chi connectivity index (χ4n) is 2.00. The Hall–Kier alpha value is -2.30. The summed E-state index contributed by atoms with van der Waals surface area (Å²) in [4.78, 5) is 14.1. The number of carbonyl (C=O) groups is 1. The molecule has 100 valence electrons. The van der Waals surface area contributed by atoms with Gasteiger partial charge >= 0.3 is 0 Å². The first-order valence-corrected chi connectivity index (χ1v) is 6.38. The first-order valence-electron chi connectivity index (χ1n) is 6.38. The summed E-state index contributed by atoms with van der Waals surface area (Å²) >= 11 is 0. The number of aromatic nitrogens is 2. The van der Waals surface area contributed by atoms with Crippen molar-refractivity contribution in [3.8, 4) is 0 Å². The van der Waals surface area contributed by atoms with Crippen LogP contribution in [0.1, 0.15) is 30.0 Å². The summed E-state index contributed by atoms with van der Waals surface area (Å²) < 4.78 is 0. The number of aromatic amines is 1. The van der Waals surface area contributed by atoms with Gasteiger partial charge in [0.2, 0.25) is 0 Å². The van der Waals surface area contributed by atoms with E-state index in [2.05, 4.69) is 10.2 Å². The molecule has 1 aromatic heterocycles. The molecule has 0 aliphatic carbocycles. The zero-order valence-electron chi connectivity index (χ0n) is 11.2. The summed E-state index contributed by atoms with van der Waals surface area (Å²) in [6.45, 7) is 4.46. The predicted octanol–water partition coefficient (Wildman–Crippen LogP) is 2.22. The summed E-state index contributed by atoms with van der Waals surface area (Å²) in [6.07, 6.45) is 0.726. The van der Waals surface area contributed by atoms with E-state index in [1.54, 1.807) is 4.90 Å². The highest BCUT2D eigenvalue weighted by atomic mass is 16.2. The molecule has 0 saturated carbocycles. The minimum atomic E-state index is -0.179. The second kappa shape index (κ2) is 5.56. The van der Waals surface area contributed by atoms with Crippen molar-refractivity contribution in [1.29, 1.82) is 0 Å². The van der Waals surface area contributed by atoms with Gasteiger partial charge in [-0.2, -0.15) is 5.10 Å². The number of anilines is 2. The third kappa shape index (κ3) is 2.45. The Bertz CT molecular complexity index is 562. The number of benzene rings is 1. The predicted molar refractivity (Wildman–Crippen MR) is 76.2 cm³/mol. The molecule has 0 saturated heterocycles. The van der Waals surface area contributed by atoms with Crippen LogP contribution in [0.4, 0.5) is 11.4 Å². The van der Waals surface area contributed by atoms with Gasteiger partial charge in [0.05, 0.1) is 11.4 Å². The van der Waals surface area contributed by atoms with E-state index in [9.17, 15) is 4.79 Å². The Morgan fingerprint density at radius 2 is 2.00 bits per heavy atom. The Labute approximate surface area is 112 Å². The molecule has 2 rings (SSSR count). The van der Waals surface area contributed by atoms with Gasteiger partial charge in [-0.15, -0.1) is 0 Å². The van der Waals surface area contributed by atoms with Crippen molar-refractivity contribution in [2.24, 2.45) is 0 Å². The van der Waals surface area contributed by atoms with Crippen LogP contribution in [0.3, 0.4) is 0 Å². The number of para-hydroxylation sites is 1. The molecule has 2 aromatic rings. The molecule has 19 heavy (non-hydrogen) atoms. The number of nitrogens with two attached hydrogens (primary N) is 1. The smallest absolute Gasteiger partial charge is 0.280 e. The highest BCUT2D eigenvalue weighted by Gasteiger charge is 2.22. The molecule has 0 atom stereocenters. The van der Waals surface area contributed by atoms with E-state index in [0.29, 0.717) is 17.9 Å². The van der Waals surface area contributed by atoms with Crippen LogP contribution in [-0.2, 0) is 6.42 Å². The quantitative estimate of drug-likeness (QED) is 0.883.